The summed E-state index contributed by atoms with van der Waals surface area (Å²) in [6.07, 6.45) is -4.42. The van der Waals surface area contributed by atoms with Gasteiger partial charge in [-0.1, -0.05) is 48.6 Å². The average molecular weight is 392 g/mol. The fraction of sp³-hybridized carbons (Fsp3) is 0.167. The molecule has 2 N–H and O–H groups in total. The van der Waals surface area contributed by atoms with Gasteiger partial charge in [-0.25, -0.2) is 4.79 Å². The van der Waals surface area contributed by atoms with Gasteiger partial charge < -0.3 is 5.32 Å². The second-order valence-electron chi connectivity index (χ2n) is 5.73. The molecule has 9 heteroatoms. The molecule has 0 aliphatic carbocycles. The largest absolute Gasteiger partial charge is 0.416 e. The van der Waals surface area contributed by atoms with Crippen molar-refractivity contribution in [1.82, 2.24) is 10.2 Å². The molecule has 5 nitrogen and oxygen atoms in total. The Morgan fingerprint density at radius 3 is 2.30 bits per heavy atom. The first-order valence-corrected chi connectivity index (χ1v) is 8.78. The SMILES string of the molecule is CC(c1ccccc1)c1nnc(NC(=O)Nc2ccc(C(F)(F)F)cc2)s1. The summed E-state index contributed by atoms with van der Waals surface area (Å²) in [7, 11) is 0. The number of anilines is 2. The number of hydrogen-bond acceptors (Lipinski definition) is 4. The normalized spacial score (nSPS) is 12.4. The molecule has 0 aliphatic rings. The van der Waals surface area contributed by atoms with Crippen molar-refractivity contribution >= 4 is 28.2 Å². The number of halogens is 3. The van der Waals surface area contributed by atoms with Crippen molar-refractivity contribution in [3.05, 3.63) is 70.7 Å². The van der Waals surface area contributed by atoms with Crippen LogP contribution in [0.5, 0.6) is 0 Å². The number of nitrogens with zero attached hydrogens (tertiary/aromatic N) is 2. The predicted molar refractivity (Wildman–Crippen MR) is 98.0 cm³/mol. The van der Waals surface area contributed by atoms with E-state index in [1.165, 1.54) is 23.5 Å². The van der Waals surface area contributed by atoms with Crippen LogP contribution in [0.1, 0.15) is 29.0 Å². The van der Waals surface area contributed by atoms with Crippen LogP contribution in [0.4, 0.5) is 28.8 Å². The molecule has 0 aliphatic heterocycles. The van der Waals surface area contributed by atoms with Gasteiger partial charge in [0.25, 0.3) is 0 Å². The van der Waals surface area contributed by atoms with Crippen molar-refractivity contribution < 1.29 is 18.0 Å². The van der Waals surface area contributed by atoms with Gasteiger partial charge >= 0.3 is 12.2 Å². The molecule has 1 aromatic heterocycles. The first kappa shape index (κ1) is 18.8. The lowest BCUT2D eigenvalue weighted by atomic mass is 10.0. The van der Waals surface area contributed by atoms with E-state index in [2.05, 4.69) is 20.8 Å². The monoisotopic (exact) mass is 392 g/mol. The standard InChI is InChI=1S/C18H15F3N4OS/c1-11(12-5-3-2-4-6-12)15-24-25-17(27-15)23-16(26)22-14-9-7-13(8-10-14)18(19,20)21/h2-11H,1H3,(H2,22,23,25,26). The lowest BCUT2D eigenvalue weighted by Gasteiger charge is -2.08. The Morgan fingerprint density at radius 2 is 1.67 bits per heavy atom. The van der Waals surface area contributed by atoms with Crippen LogP contribution in [0.3, 0.4) is 0 Å². The van der Waals surface area contributed by atoms with Crippen LogP contribution < -0.4 is 10.6 Å². The number of urea groups is 1. The van der Waals surface area contributed by atoms with Crippen molar-refractivity contribution in [3.63, 3.8) is 0 Å². The molecule has 1 unspecified atom stereocenters. The second kappa shape index (κ2) is 7.75. The molecule has 3 aromatic rings. The fourth-order valence-electron chi connectivity index (χ4n) is 2.35. The first-order chi connectivity index (χ1) is 12.8. The van der Waals surface area contributed by atoms with E-state index >= 15 is 0 Å². The van der Waals surface area contributed by atoms with Gasteiger partial charge in [0.1, 0.15) is 5.01 Å². The maximum atomic E-state index is 12.5. The summed E-state index contributed by atoms with van der Waals surface area (Å²) in [5.74, 6) is 0.0252. The average Bonchev–Trinajstić information content (AvgIpc) is 3.09. The maximum Gasteiger partial charge on any atom is 0.416 e. The summed E-state index contributed by atoms with van der Waals surface area (Å²) in [6.45, 7) is 1.99. The van der Waals surface area contributed by atoms with Crippen LogP contribution in [-0.2, 0) is 6.18 Å². The zero-order chi connectivity index (χ0) is 19.4. The molecule has 2 aromatic carbocycles. The van der Waals surface area contributed by atoms with E-state index in [4.69, 9.17) is 0 Å². The molecule has 140 valence electrons. The molecular formula is C18H15F3N4OS. The van der Waals surface area contributed by atoms with Crippen molar-refractivity contribution in [2.45, 2.75) is 19.0 Å². The topological polar surface area (TPSA) is 66.9 Å². The van der Waals surface area contributed by atoms with Crippen LogP contribution in [0.2, 0.25) is 0 Å². The fourth-order valence-corrected chi connectivity index (χ4v) is 3.16. The zero-order valence-corrected chi connectivity index (χ0v) is 14.9. The molecule has 0 fully saturated rings. The Morgan fingerprint density at radius 1 is 1.00 bits per heavy atom. The van der Waals surface area contributed by atoms with Crippen LogP contribution in [-0.4, -0.2) is 16.2 Å². The Bertz CT molecular complexity index is 910. The minimum atomic E-state index is -4.42. The highest BCUT2D eigenvalue weighted by Gasteiger charge is 2.30. The summed E-state index contributed by atoms with van der Waals surface area (Å²) >= 11 is 1.24. The molecular weight excluding hydrogens is 377 g/mol. The van der Waals surface area contributed by atoms with E-state index in [9.17, 15) is 18.0 Å². The summed E-state index contributed by atoms with van der Waals surface area (Å²) in [5.41, 5.74) is 0.537. The lowest BCUT2D eigenvalue weighted by Crippen LogP contribution is -2.19. The molecule has 1 atom stereocenters. The minimum absolute atomic E-state index is 0.0252. The maximum absolute atomic E-state index is 12.5. The van der Waals surface area contributed by atoms with Crippen molar-refractivity contribution in [2.24, 2.45) is 0 Å². The van der Waals surface area contributed by atoms with Crippen molar-refractivity contribution in [3.8, 4) is 0 Å². The predicted octanol–water partition coefficient (Wildman–Crippen LogP) is 5.35. The highest BCUT2D eigenvalue weighted by atomic mass is 32.1. The van der Waals surface area contributed by atoms with E-state index in [-0.39, 0.29) is 11.6 Å². The Labute approximate surface area is 157 Å². The van der Waals surface area contributed by atoms with Gasteiger partial charge in [-0.15, -0.1) is 10.2 Å². The molecule has 1 heterocycles. The molecule has 0 saturated carbocycles. The van der Waals surface area contributed by atoms with Gasteiger partial charge in [0.2, 0.25) is 5.13 Å². The Balaban J connectivity index is 1.61. The van der Waals surface area contributed by atoms with Gasteiger partial charge in [0, 0.05) is 11.6 Å². The van der Waals surface area contributed by atoms with E-state index in [1.54, 1.807) is 0 Å². The van der Waals surface area contributed by atoms with Crippen LogP contribution in [0.25, 0.3) is 0 Å². The summed E-state index contributed by atoms with van der Waals surface area (Å²) in [5, 5.41) is 14.1. The van der Waals surface area contributed by atoms with E-state index in [0.717, 1.165) is 22.7 Å². The number of amides is 2. The number of nitrogens with one attached hydrogen (secondary N) is 2. The summed E-state index contributed by atoms with van der Waals surface area (Å²) in [6, 6.07) is 13.3. The number of aromatic nitrogens is 2. The minimum Gasteiger partial charge on any atom is -0.308 e. The molecule has 2 amide bonds. The number of alkyl halides is 3. The molecule has 3 rings (SSSR count). The number of carbonyl (C=O) groups is 1. The molecule has 0 radical (unpaired) electrons. The van der Waals surface area contributed by atoms with Gasteiger partial charge in [-0.3, -0.25) is 5.32 Å². The van der Waals surface area contributed by atoms with Gasteiger partial charge in [-0.05, 0) is 29.8 Å². The third-order valence-electron chi connectivity index (χ3n) is 3.80. The van der Waals surface area contributed by atoms with E-state index in [0.29, 0.717) is 5.13 Å². The number of hydrogen-bond donors (Lipinski definition) is 2. The number of rotatable bonds is 4. The highest BCUT2D eigenvalue weighted by molar-refractivity contribution is 7.15. The van der Waals surface area contributed by atoms with Crippen molar-refractivity contribution in [2.75, 3.05) is 10.6 Å². The highest BCUT2D eigenvalue weighted by Crippen LogP contribution is 2.30. The lowest BCUT2D eigenvalue weighted by molar-refractivity contribution is -0.137. The first-order valence-electron chi connectivity index (χ1n) is 7.96. The third kappa shape index (κ3) is 4.82. The molecule has 0 saturated heterocycles. The smallest absolute Gasteiger partial charge is 0.308 e. The van der Waals surface area contributed by atoms with Crippen molar-refractivity contribution in [1.29, 1.82) is 0 Å². The third-order valence-corrected chi connectivity index (χ3v) is 4.82. The number of carbonyl (C=O) groups excluding carboxylic acids is 1. The Hall–Kier alpha value is -2.94. The molecule has 27 heavy (non-hydrogen) atoms. The van der Waals surface area contributed by atoms with Crippen LogP contribution in [0, 0.1) is 0 Å². The van der Waals surface area contributed by atoms with E-state index in [1.807, 2.05) is 37.3 Å². The van der Waals surface area contributed by atoms with Gasteiger partial charge in [0.05, 0.1) is 5.56 Å². The van der Waals surface area contributed by atoms with Crippen LogP contribution >= 0.6 is 11.3 Å². The van der Waals surface area contributed by atoms with Gasteiger partial charge in [-0.2, -0.15) is 13.2 Å². The Kier molecular flexibility index (Phi) is 5.41. The van der Waals surface area contributed by atoms with Gasteiger partial charge in [0.15, 0.2) is 0 Å². The zero-order valence-electron chi connectivity index (χ0n) is 14.1. The number of benzene rings is 2. The second-order valence-corrected chi connectivity index (χ2v) is 6.74. The van der Waals surface area contributed by atoms with Crippen LogP contribution in [0.15, 0.2) is 54.6 Å². The summed E-state index contributed by atoms with van der Waals surface area (Å²) < 4.78 is 37.6. The summed E-state index contributed by atoms with van der Waals surface area (Å²) in [4.78, 5) is 12.0. The molecule has 0 bridgehead atoms. The van der Waals surface area contributed by atoms with E-state index < -0.39 is 17.8 Å². The molecule has 0 spiro atoms. The quantitative estimate of drug-likeness (QED) is 0.629.